The van der Waals surface area contributed by atoms with Gasteiger partial charge in [-0.2, -0.15) is 0 Å². The fourth-order valence-corrected chi connectivity index (χ4v) is 1.83. The van der Waals surface area contributed by atoms with Gasteiger partial charge in [0.1, 0.15) is 5.58 Å². The zero-order valence-corrected chi connectivity index (χ0v) is 9.92. The molecule has 16 heavy (non-hydrogen) atoms. The Bertz CT molecular complexity index is 504. The van der Waals surface area contributed by atoms with Gasteiger partial charge >= 0.3 is 0 Å². The van der Waals surface area contributed by atoms with Crippen LogP contribution < -0.4 is 5.32 Å². The van der Waals surface area contributed by atoms with Crippen molar-refractivity contribution >= 4 is 22.6 Å². The molecule has 0 radical (unpaired) electrons. The quantitative estimate of drug-likeness (QED) is 0.817. The molecule has 0 fully saturated rings. The molecule has 1 unspecified atom stereocenters. The van der Waals surface area contributed by atoms with Gasteiger partial charge in [-0.15, -0.1) is 6.58 Å². The van der Waals surface area contributed by atoms with Gasteiger partial charge in [-0.25, -0.2) is 0 Å². The topological polar surface area (TPSA) is 25.2 Å². The van der Waals surface area contributed by atoms with Crippen LogP contribution in [0.1, 0.15) is 12.5 Å². The molecular weight excluding hydrogens is 222 g/mol. The number of para-hydroxylation sites is 1. The summed E-state index contributed by atoms with van der Waals surface area (Å²) in [7, 11) is 0. The van der Waals surface area contributed by atoms with Crippen LogP contribution in [0.15, 0.2) is 41.3 Å². The smallest absolute Gasteiger partial charge is 0.199 e. The molecule has 2 nitrogen and oxygen atoms in total. The van der Waals surface area contributed by atoms with Crippen LogP contribution in [0.25, 0.3) is 11.0 Å². The van der Waals surface area contributed by atoms with Gasteiger partial charge in [0, 0.05) is 23.5 Å². The van der Waals surface area contributed by atoms with Crippen molar-refractivity contribution in [2.45, 2.75) is 19.5 Å². The fraction of sp³-hybridized carbons (Fsp3) is 0.231. The first-order chi connectivity index (χ1) is 7.72. The van der Waals surface area contributed by atoms with Crippen molar-refractivity contribution in [1.29, 1.82) is 0 Å². The maximum Gasteiger partial charge on any atom is 0.199 e. The second kappa shape index (κ2) is 4.73. The number of nitrogens with one attached hydrogen (secondary N) is 1. The van der Waals surface area contributed by atoms with E-state index in [1.165, 1.54) is 0 Å². The van der Waals surface area contributed by atoms with Gasteiger partial charge in [0.25, 0.3) is 0 Å². The van der Waals surface area contributed by atoms with E-state index < -0.39 is 0 Å². The van der Waals surface area contributed by atoms with Crippen LogP contribution >= 0.6 is 11.6 Å². The highest BCUT2D eigenvalue weighted by atomic mass is 35.5. The molecule has 0 aliphatic carbocycles. The van der Waals surface area contributed by atoms with Crippen LogP contribution in [0.2, 0.25) is 5.22 Å². The Labute approximate surface area is 99.9 Å². The summed E-state index contributed by atoms with van der Waals surface area (Å²) in [5, 5.41) is 4.83. The second-order valence-electron chi connectivity index (χ2n) is 3.76. The molecule has 0 aliphatic heterocycles. The molecule has 0 saturated heterocycles. The first-order valence-electron chi connectivity index (χ1n) is 5.24. The number of hydrogen-bond donors (Lipinski definition) is 1. The summed E-state index contributed by atoms with van der Waals surface area (Å²) in [6.45, 7) is 6.45. The minimum Gasteiger partial charge on any atom is -0.444 e. The monoisotopic (exact) mass is 235 g/mol. The largest absolute Gasteiger partial charge is 0.444 e. The van der Waals surface area contributed by atoms with E-state index >= 15 is 0 Å². The lowest BCUT2D eigenvalue weighted by Crippen LogP contribution is -2.22. The van der Waals surface area contributed by atoms with Gasteiger partial charge < -0.3 is 9.73 Å². The lowest BCUT2D eigenvalue weighted by atomic mass is 10.1. The highest BCUT2D eigenvalue weighted by Gasteiger charge is 2.11. The Morgan fingerprint density at radius 1 is 1.50 bits per heavy atom. The third kappa shape index (κ3) is 2.13. The maximum absolute atomic E-state index is 6.06. The third-order valence-electron chi connectivity index (χ3n) is 2.60. The van der Waals surface area contributed by atoms with E-state index in [-0.39, 0.29) is 6.04 Å². The molecule has 0 bridgehead atoms. The van der Waals surface area contributed by atoms with Gasteiger partial charge in [0.05, 0.1) is 0 Å². The molecule has 2 aromatic rings. The van der Waals surface area contributed by atoms with E-state index in [4.69, 9.17) is 16.0 Å². The number of rotatable bonds is 4. The second-order valence-corrected chi connectivity index (χ2v) is 4.10. The zero-order chi connectivity index (χ0) is 11.5. The Kier molecular flexibility index (Phi) is 3.32. The molecule has 84 valence electrons. The first-order valence-corrected chi connectivity index (χ1v) is 5.62. The Balaban J connectivity index is 2.29. The van der Waals surface area contributed by atoms with Crippen LogP contribution in [0, 0.1) is 0 Å². The molecule has 1 atom stereocenters. The van der Waals surface area contributed by atoms with E-state index in [9.17, 15) is 0 Å². The molecule has 0 aliphatic rings. The molecule has 1 aromatic heterocycles. The predicted molar refractivity (Wildman–Crippen MR) is 67.7 cm³/mol. The standard InChI is InChI=1S/C13H14ClNO/c1-3-9(2)15-8-11-10-6-4-5-7-12(10)16-13(11)14/h3-7,9,15H,1,8H2,2H3. The SMILES string of the molecule is C=CC(C)NCc1c(Cl)oc2ccccc12. The van der Waals surface area contributed by atoms with Gasteiger partial charge in [-0.05, 0) is 24.6 Å². The van der Waals surface area contributed by atoms with Crippen molar-refractivity contribution in [3.05, 3.63) is 47.7 Å². The van der Waals surface area contributed by atoms with E-state index in [0.717, 1.165) is 16.5 Å². The fourth-order valence-electron chi connectivity index (χ4n) is 1.58. The zero-order valence-electron chi connectivity index (χ0n) is 9.16. The van der Waals surface area contributed by atoms with Crippen molar-refractivity contribution in [3.63, 3.8) is 0 Å². The van der Waals surface area contributed by atoms with E-state index in [0.29, 0.717) is 11.8 Å². The molecule has 1 heterocycles. The third-order valence-corrected chi connectivity index (χ3v) is 2.91. The molecule has 3 heteroatoms. The van der Waals surface area contributed by atoms with Gasteiger partial charge in [0.15, 0.2) is 5.22 Å². The summed E-state index contributed by atoms with van der Waals surface area (Å²) < 4.78 is 5.46. The van der Waals surface area contributed by atoms with Crippen molar-refractivity contribution in [1.82, 2.24) is 5.32 Å². The molecule has 1 aromatic carbocycles. The number of benzene rings is 1. The molecular formula is C13H14ClNO. The summed E-state index contributed by atoms with van der Waals surface area (Å²) in [6.07, 6.45) is 1.86. The molecule has 0 amide bonds. The van der Waals surface area contributed by atoms with Crippen molar-refractivity contribution in [2.24, 2.45) is 0 Å². The van der Waals surface area contributed by atoms with Gasteiger partial charge in [-0.1, -0.05) is 24.3 Å². The highest BCUT2D eigenvalue weighted by molar-refractivity contribution is 6.30. The summed E-state index contributed by atoms with van der Waals surface area (Å²) in [4.78, 5) is 0. The number of fused-ring (bicyclic) bond motifs is 1. The number of halogens is 1. The predicted octanol–water partition coefficient (Wildman–Crippen LogP) is 3.75. The lowest BCUT2D eigenvalue weighted by Gasteiger charge is -2.07. The Morgan fingerprint density at radius 2 is 2.25 bits per heavy atom. The summed E-state index contributed by atoms with van der Waals surface area (Å²) in [5.41, 5.74) is 1.83. The summed E-state index contributed by atoms with van der Waals surface area (Å²) in [5.74, 6) is 0. The Morgan fingerprint density at radius 3 is 3.00 bits per heavy atom. The molecule has 0 spiro atoms. The lowest BCUT2D eigenvalue weighted by molar-refractivity contribution is 0.594. The Hall–Kier alpha value is -1.25. The minimum absolute atomic E-state index is 0.254. The van der Waals surface area contributed by atoms with Crippen molar-refractivity contribution in [3.8, 4) is 0 Å². The average Bonchev–Trinajstić information content (AvgIpc) is 2.62. The number of hydrogen-bond acceptors (Lipinski definition) is 2. The van der Waals surface area contributed by atoms with Crippen LogP contribution in [0.4, 0.5) is 0 Å². The number of furan rings is 1. The highest BCUT2D eigenvalue weighted by Crippen LogP contribution is 2.29. The van der Waals surface area contributed by atoms with E-state index in [1.807, 2.05) is 37.3 Å². The summed E-state index contributed by atoms with van der Waals surface area (Å²) in [6, 6.07) is 8.10. The average molecular weight is 236 g/mol. The minimum atomic E-state index is 0.254. The summed E-state index contributed by atoms with van der Waals surface area (Å²) >= 11 is 6.06. The van der Waals surface area contributed by atoms with E-state index in [1.54, 1.807) is 0 Å². The van der Waals surface area contributed by atoms with Crippen LogP contribution in [0.3, 0.4) is 0 Å². The normalized spacial score (nSPS) is 12.9. The molecule has 0 saturated carbocycles. The van der Waals surface area contributed by atoms with Crippen molar-refractivity contribution in [2.75, 3.05) is 0 Å². The molecule has 2 rings (SSSR count). The first kappa shape index (κ1) is 11.2. The molecule has 1 N–H and O–H groups in total. The maximum atomic E-state index is 6.06. The van der Waals surface area contributed by atoms with Gasteiger partial charge in [-0.3, -0.25) is 0 Å². The van der Waals surface area contributed by atoms with Crippen LogP contribution in [-0.2, 0) is 6.54 Å². The van der Waals surface area contributed by atoms with Crippen LogP contribution in [-0.4, -0.2) is 6.04 Å². The van der Waals surface area contributed by atoms with Crippen LogP contribution in [0.5, 0.6) is 0 Å². The van der Waals surface area contributed by atoms with E-state index in [2.05, 4.69) is 11.9 Å². The van der Waals surface area contributed by atoms with Gasteiger partial charge in [0.2, 0.25) is 0 Å². The van der Waals surface area contributed by atoms with Crippen molar-refractivity contribution < 1.29 is 4.42 Å².